The minimum atomic E-state index is 0.0939. The van der Waals surface area contributed by atoms with Crippen molar-refractivity contribution in [1.29, 1.82) is 0 Å². The van der Waals surface area contributed by atoms with Gasteiger partial charge in [0.05, 0.1) is 0 Å². The van der Waals surface area contributed by atoms with Gasteiger partial charge in [-0.3, -0.25) is 4.79 Å². The summed E-state index contributed by atoms with van der Waals surface area (Å²) in [6.07, 6.45) is 6.29. The maximum Gasteiger partial charge on any atom is 0.252 e. The average molecular weight is 421 g/mol. The van der Waals surface area contributed by atoms with E-state index in [-0.39, 0.29) is 5.91 Å². The lowest BCUT2D eigenvalue weighted by atomic mass is 9.90. The maximum absolute atomic E-state index is 12.4. The van der Waals surface area contributed by atoms with Crippen LogP contribution in [0.25, 0.3) is 5.78 Å². The van der Waals surface area contributed by atoms with Crippen molar-refractivity contribution in [2.75, 3.05) is 26.2 Å². The highest BCUT2D eigenvalue weighted by molar-refractivity contribution is 5.76. The van der Waals surface area contributed by atoms with Gasteiger partial charge in [0.1, 0.15) is 6.33 Å². The highest BCUT2D eigenvalue weighted by atomic mass is 16.1. The number of benzene rings is 1. The van der Waals surface area contributed by atoms with Crippen LogP contribution in [0.4, 0.5) is 0 Å². The summed E-state index contributed by atoms with van der Waals surface area (Å²) in [7, 11) is 0. The zero-order chi connectivity index (χ0) is 21.6. The number of nitrogens with zero attached hydrogens (tertiary/aromatic N) is 5. The fourth-order valence-electron chi connectivity index (χ4n) is 4.56. The number of rotatable bonds is 8. The molecule has 1 amide bonds. The van der Waals surface area contributed by atoms with Crippen LogP contribution >= 0.6 is 0 Å². The van der Waals surface area contributed by atoms with Crippen LogP contribution in [0.5, 0.6) is 0 Å². The van der Waals surface area contributed by atoms with Gasteiger partial charge in [-0.15, -0.1) is 0 Å². The van der Waals surface area contributed by atoms with Crippen molar-refractivity contribution in [2.45, 2.75) is 46.0 Å². The Morgan fingerprint density at radius 3 is 2.71 bits per heavy atom. The molecule has 3 heterocycles. The summed E-state index contributed by atoms with van der Waals surface area (Å²) in [4.78, 5) is 23.5. The van der Waals surface area contributed by atoms with Gasteiger partial charge in [-0.05, 0) is 69.7 Å². The van der Waals surface area contributed by atoms with Crippen LogP contribution in [0.1, 0.15) is 41.8 Å². The molecular weight excluding hydrogens is 388 g/mol. The van der Waals surface area contributed by atoms with Crippen molar-refractivity contribution < 1.29 is 4.79 Å². The molecule has 2 aromatic heterocycles. The van der Waals surface area contributed by atoms with Crippen LogP contribution in [-0.4, -0.2) is 56.6 Å². The standard InChI is InChI=1S/C24H32N6O/c1-18-22(19(2)30-24(28-18)26-17-27-30)8-9-23(31)25-12-15-29-13-10-21(11-14-29)16-20-6-4-3-5-7-20/h3-7,17,21H,8-16H2,1-2H3,(H,25,31). The highest BCUT2D eigenvalue weighted by Gasteiger charge is 2.19. The van der Waals surface area contributed by atoms with E-state index in [1.54, 1.807) is 4.52 Å². The molecule has 0 saturated carbocycles. The van der Waals surface area contributed by atoms with Gasteiger partial charge < -0.3 is 10.2 Å². The van der Waals surface area contributed by atoms with E-state index in [4.69, 9.17) is 0 Å². The van der Waals surface area contributed by atoms with Gasteiger partial charge >= 0.3 is 0 Å². The Labute approximate surface area is 183 Å². The van der Waals surface area contributed by atoms with Crippen molar-refractivity contribution in [1.82, 2.24) is 29.8 Å². The largest absolute Gasteiger partial charge is 0.355 e. The Morgan fingerprint density at radius 1 is 1.16 bits per heavy atom. The summed E-state index contributed by atoms with van der Waals surface area (Å²) >= 11 is 0. The van der Waals surface area contributed by atoms with Crippen LogP contribution in [0.15, 0.2) is 36.7 Å². The van der Waals surface area contributed by atoms with E-state index in [0.29, 0.717) is 25.2 Å². The minimum absolute atomic E-state index is 0.0939. The first-order valence-electron chi connectivity index (χ1n) is 11.3. The molecule has 7 nitrogen and oxygen atoms in total. The molecule has 0 radical (unpaired) electrons. The van der Waals surface area contributed by atoms with Gasteiger partial charge in [-0.1, -0.05) is 30.3 Å². The van der Waals surface area contributed by atoms with Crippen LogP contribution in [0, 0.1) is 19.8 Å². The molecule has 0 unspecified atom stereocenters. The normalized spacial score (nSPS) is 15.4. The minimum Gasteiger partial charge on any atom is -0.355 e. The number of likely N-dealkylation sites (tertiary alicyclic amines) is 1. The van der Waals surface area contributed by atoms with Crippen molar-refractivity contribution in [3.63, 3.8) is 0 Å². The zero-order valence-corrected chi connectivity index (χ0v) is 18.5. The topological polar surface area (TPSA) is 75.4 Å². The van der Waals surface area contributed by atoms with Gasteiger partial charge in [0.15, 0.2) is 0 Å². The third-order valence-electron chi connectivity index (χ3n) is 6.42. The maximum atomic E-state index is 12.4. The molecule has 31 heavy (non-hydrogen) atoms. The monoisotopic (exact) mass is 420 g/mol. The third kappa shape index (κ3) is 5.47. The van der Waals surface area contributed by atoms with Crippen molar-refractivity contribution in [2.24, 2.45) is 5.92 Å². The first-order chi connectivity index (χ1) is 15.1. The number of nitrogens with one attached hydrogen (secondary N) is 1. The smallest absolute Gasteiger partial charge is 0.252 e. The molecule has 164 valence electrons. The zero-order valence-electron chi connectivity index (χ0n) is 18.5. The fourth-order valence-corrected chi connectivity index (χ4v) is 4.56. The molecule has 1 aromatic carbocycles. The molecule has 1 aliphatic rings. The second-order valence-electron chi connectivity index (χ2n) is 8.56. The number of amides is 1. The molecular formula is C24H32N6O. The van der Waals surface area contributed by atoms with Crippen LogP contribution < -0.4 is 5.32 Å². The van der Waals surface area contributed by atoms with Gasteiger partial charge in [-0.25, -0.2) is 9.50 Å². The van der Waals surface area contributed by atoms with E-state index in [1.807, 2.05) is 13.8 Å². The van der Waals surface area contributed by atoms with Crippen LogP contribution in [0.2, 0.25) is 0 Å². The first-order valence-corrected chi connectivity index (χ1v) is 11.3. The van der Waals surface area contributed by atoms with Crippen molar-refractivity contribution in [3.05, 3.63) is 59.2 Å². The Bertz CT molecular complexity index is 1010. The highest BCUT2D eigenvalue weighted by Crippen LogP contribution is 2.21. The van der Waals surface area contributed by atoms with E-state index in [2.05, 4.69) is 55.6 Å². The quantitative estimate of drug-likeness (QED) is 0.606. The molecule has 1 fully saturated rings. The summed E-state index contributed by atoms with van der Waals surface area (Å²) in [5, 5.41) is 7.30. The van der Waals surface area contributed by atoms with Crippen molar-refractivity contribution >= 4 is 11.7 Å². The number of fused-ring (bicyclic) bond motifs is 1. The first kappa shape index (κ1) is 21.4. The Kier molecular flexibility index (Phi) is 6.92. The second kappa shape index (κ2) is 10.0. The molecule has 0 aliphatic carbocycles. The number of aryl methyl sites for hydroxylation is 2. The molecule has 1 saturated heterocycles. The molecule has 3 aromatic rings. The van der Waals surface area contributed by atoms with Gasteiger partial charge in [-0.2, -0.15) is 10.1 Å². The van der Waals surface area contributed by atoms with Crippen molar-refractivity contribution in [3.8, 4) is 0 Å². The summed E-state index contributed by atoms with van der Waals surface area (Å²) in [6, 6.07) is 10.8. The molecule has 1 aliphatic heterocycles. The molecule has 7 heteroatoms. The summed E-state index contributed by atoms with van der Waals surface area (Å²) in [5.41, 5.74) is 4.45. The lowest BCUT2D eigenvalue weighted by Gasteiger charge is -2.32. The number of piperidine rings is 1. The summed E-state index contributed by atoms with van der Waals surface area (Å²) in [6.45, 7) is 7.85. The van der Waals surface area contributed by atoms with Gasteiger partial charge in [0, 0.05) is 30.9 Å². The van der Waals surface area contributed by atoms with Crippen LogP contribution in [0.3, 0.4) is 0 Å². The number of carbonyl (C=O) groups is 1. The fraction of sp³-hybridized carbons (Fsp3) is 0.500. The summed E-state index contributed by atoms with van der Waals surface area (Å²) < 4.78 is 1.74. The lowest BCUT2D eigenvalue weighted by Crippen LogP contribution is -2.40. The second-order valence-corrected chi connectivity index (χ2v) is 8.56. The number of aromatic nitrogens is 4. The van der Waals surface area contributed by atoms with E-state index in [9.17, 15) is 4.79 Å². The number of hydrogen-bond acceptors (Lipinski definition) is 5. The predicted molar refractivity (Wildman–Crippen MR) is 121 cm³/mol. The molecule has 0 spiro atoms. The molecule has 1 N–H and O–H groups in total. The van der Waals surface area contributed by atoms with Crippen LogP contribution in [-0.2, 0) is 17.6 Å². The number of carbonyl (C=O) groups excluding carboxylic acids is 1. The predicted octanol–water partition coefficient (Wildman–Crippen LogP) is 2.74. The number of hydrogen-bond donors (Lipinski definition) is 1. The molecule has 4 rings (SSSR count). The Balaban J connectivity index is 1.16. The van der Waals surface area contributed by atoms with E-state index < -0.39 is 0 Å². The van der Waals surface area contributed by atoms with E-state index in [0.717, 1.165) is 42.5 Å². The molecule has 0 atom stereocenters. The third-order valence-corrected chi connectivity index (χ3v) is 6.42. The summed E-state index contributed by atoms with van der Waals surface area (Å²) in [5.74, 6) is 1.47. The SMILES string of the molecule is Cc1nc2ncnn2c(C)c1CCC(=O)NCCN1CCC(Cc2ccccc2)CC1. The lowest BCUT2D eigenvalue weighted by molar-refractivity contribution is -0.121. The van der Waals surface area contributed by atoms with E-state index in [1.165, 1.54) is 31.2 Å². The average Bonchev–Trinajstić information content (AvgIpc) is 3.24. The Hall–Kier alpha value is -2.80. The Morgan fingerprint density at radius 2 is 1.94 bits per heavy atom. The van der Waals surface area contributed by atoms with Gasteiger partial charge in [0.25, 0.3) is 5.78 Å². The van der Waals surface area contributed by atoms with E-state index >= 15 is 0 Å². The molecule has 0 bridgehead atoms. The van der Waals surface area contributed by atoms with Gasteiger partial charge in [0.2, 0.25) is 5.91 Å².